The van der Waals surface area contributed by atoms with E-state index in [9.17, 15) is 15.3 Å². The number of ether oxygens (including phenoxy) is 1. The Morgan fingerprint density at radius 1 is 1.00 bits per heavy atom. The van der Waals surface area contributed by atoms with Gasteiger partial charge in [-0.1, -0.05) is 18.2 Å². The van der Waals surface area contributed by atoms with Crippen molar-refractivity contribution in [3.63, 3.8) is 0 Å². The smallest absolute Gasteiger partial charge is 0.157 e. The molecule has 0 radical (unpaired) electrons. The van der Waals surface area contributed by atoms with Gasteiger partial charge in [-0.2, -0.15) is 0 Å². The minimum atomic E-state index is -1.36. The molecule has 0 bridgehead atoms. The SMILES string of the molecule is OCC1O[C@@H](Nc2ccccc2)C(O)[C@@H](O)[C@@H]1O. The van der Waals surface area contributed by atoms with Gasteiger partial charge in [0.15, 0.2) is 6.23 Å². The summed E-state index contributed by atoms with van der Waals surface area (Å²) >= 11 is 0. The van der Waals surface area contributed by atoms with Gasteiger partial charge in [0.2, 0.25) is 0 Å². The van der Waals surface area contributed by atoms with Gasteiger partial charge in [0.25, 0.3) is 0 Å². The van der Waals surface area contributed by atoms with Crippen molar-refractivity contribution in [2.24, 2.45) is 0 Å². The van der Waals surface area contributed by atoms with Gasteiger partial charge in [-0.3, -0.25) is 0 Å². The normalized spacial score (nSPS) is 36.3. The number of para-hydroxylation sites is 1. The van der Waals surface area contributed by atoms with E-state index >= 15 is 0 Å². The van der Waals surface area contributed by atoms with Gasteiger partial charge in [-0.15, -0.1) is 0 Å². The first-order valence-corrected chi connectivity index (χ1v) is 5.75. The Hall–Kier alpha value is -1.18. The molecule has 0 aliphatic carbocycles. The zero-order valence-corrected chi connectivity index (χ0v) is 9.68. The molecule has 2 rings (SSSR count). The highest BCUT2D eigenvalue weighted by Crippen LogP contribution is 2.22. The predicted octanol–water partition coefficient (Wildman–Crippen LogP) is -1.10. The zero-order valence-electron chi connectivity index (χ0n) is 9.68. The molecule has 0 amide bonds. The first kappa shape index (κ1) is 13.3. The molecular formula is C12H17NO5. The van der Waals surface area contributed by atoms with Gasteiger partial charge in [-0.25, -0.2) is 0 Å². The molecule has 2 unspecified atom stereocenters. The van der Waals surface area contributed by atoms with E-state index in [0.29, 0.717) is 5.69 Å². The minimum Gasteiger partial charge on any atom is -0.394 e. The predicted molar refractivity (Wildman–Crippen MR) is 63.8 cm³/mol. The highest BCUT2D eigenvalue weighted by Gasteiger charge is 2.43. The molecule has 1 aliphatic heterocycles. The molecule has 100 valence electrons. The van der Waals surface area contributed by atoms with Gasteiger partial charge in [0, 0.05) is 5.69 Å². The maximum atomic E-state index is 9.80. The molecule has 0 aromatic heterocycles. The fraction of sp³-hybridized carbons (Fsp3) is 0.500. The number of anilines is 1. The highest BCUT2D eigenvalue weighted by molar-refractivity contribution is 5.43. The first-order valence-electron chi connectivity index (χ1n) is 5.75. The van der Waals surface area contributed by atoms with Crippen molar-refractivity contribution in [1.82, 2.24) is 0 Å². The van der Waals surface area contributed by atoms with Crippen molar-refractivity contribution in [2.45, 2.75) is 30.6 Å². The van der Waals surface area contributed by atoms with Gasteiger partial charge in [-0.05, 0) is 12.1 Å². The molecule has 1 heterocycles. The Balaban J connectivity index is 2.08. The summed E-state index contributed by atoms with van der Waals surface area (Å²) in [5.41, 5.74) is 0.710. The van der Waals surface area contributed by atoms with E-state index in [-0.39, 0.29) is 0 Å². The lowest BCUT2D eigenvalue weighted by molar-refractivity contribution is -0.221. The number of hydrogen-bond acceptors (Lipinski definition) is 6. The van der Waals surface area contributed by atoms with Crippen LogP contribution in [0.4, 0.5) is 5.69 Å². The Kier molecular flexibility index (Phi) is 4.15. The van der Waals surface area contributed by atoms with Crippen molar-refractivity contribution in [3.8, 4) is 0 Å². The van der Waals surface area contributed by atoms with E-state index in [2.05, 4.69) is 5.32 Å². The van der Waals surface area contributed by atoms with E-state index in [1.54, 1.807) is 12.1 Å². The summed E-state index contributed by atoms with van der Waals surface area (Å²) in [7, 11) is 0. The van der Waals surface area contributed by atoms with Crippen LogP contribution in [0.3, 0.4) is 0 Å². The lowest BCUT2D eigenvalue weighted by atomic mass is 9.98. The molecule has 0 saturated carbocycles. The molecule has 5 atom stereocenters. The molecule has 6 heteroatoms. The topological polar surface area (TPSA) is 102 Å². The summed E-state index contributed by atoms with van der Waals surface area (Å²) < 4.78 is 5.31. The molecule has 5 N–H and O–H groups in total. The fourth-order valence-corrected chi connectivity index (χ4v) is 1.92. The van der Waals surface area contributed by atoms with Gasteiger partial charge in [0.1, 0.15) is 24.4 Å². The van der Waals surface area contributed by atoms with Crippen LogP contribution in [-0.2, 0) is 4.74 Å². The molecule has 1 saturated heterocycles. The molecular weight excluding hydrogens is 238 g/mol. The third-order valence-electron chi connectivity index (χ3n) is 2.97. The lowest BCUT2D eigenvalue weighted by Crippen LogP contribution is -2.60. The minimum absolute atomic E-state index is 0.433. The number of hydrogen-bond donors (Lipinski definition) is 5. The van der Waals surface area contributed by atoms with Crippen molar-refractivity contribution >= 4 is 5.69 Å². The molecule has 18 heavy (non-hydrogen) atoms. The standard InChI is InChI=1S/C12H17NO5/c14-6-8-9(15)10(16)11(17)12(18-8)13-7-4-2-1-3-5-7/h1-5,8-17H,6H2/t8?,9-,10+,11?,12-/m1/s1. The zero-order chi connectivity index (χ0) is 13.1. The maximum Gasteiger partial charge on any atom is 0.157 e. The highest BCUT2D eigenvalue weighted by atomic mass is 16.6. The second kappa shape index (κ2) is 5.64. The second-order valence-electron chi connectivity index (χ2n) is 4.26. The van der Waals surface area contributed by atoms with Gasteiger partial charge >= 0.3 is 0 Å². The second-order valence-corrected chi connectivity index (χ2v) is 4.26. The van der Waals surface area contributed by atoms with Crippen molar-refractivity contribution in [2.75, 3.05) is 11.9 Å². The monoisotopic (exact) mass is 255 g/mol. The third-order valence-corrected chi connectivity index (χ3v) is 2.97. The number of rotatable bonds is 3. The Morgan fingerprint density at radius 2 is 1.67 bits per heavy atom. The van der Waals surface area contributed by atoms with Crippen LogP contribution in [0.5, 0.6) is 0 Å². The van der Waals surface area contributed by atoms with E-state index in [0.717, 1.165) is 0 Å². The van der Waals surface area contributed by atoms with Crippen LogP contribution in [-0.4, -0.2) is 57.7 Å². The first-order chi connectivity index (χ1) is 8.63. The summed E-state index contributed by atoms with van der Waals surface area (Å²) in [6.45, 7) is -0.433. The number of nitrogens with one attached hydrogen (secondary N) is 1. The van der Waals surface area contributed by atoms with Crippen LogP contribution in [0.2, 0.25) is 0 Å². The van der Waals surface area contributed by atoms with E-state index in [1.165, 1.54) is 0 Å². The molecule has 1 aliphatic rings. The van der Waals surface area contributed by atoms with Gasteiger partial charge in [0.05, 0.1) is 6.61 Å². The van der Waals surface area contributed by atoms with Crippen molar-refractivity contribution < 1.29 is 25.2 Å². The largest absolute Gasteiger partial charge is 0.394 e. The molecule has 6 nitrogen and oxygen atoms in total. The van der Waals surface area contributed by atoms with Crippen LogP contribution in [0.25, 0.3) is 0 Å². The summed E-state index contributed by atoms with van der Waals surface area (Å²) in [4.78, 5) is 0. The summed E-state index contributed by atoms with van der Waals surface area (Å²) in [5.74, 6) is 0. The van der Waals surface area contributed by atoms with Crippen molar-refractivity contribution in [1.29, 1.82) is 0 Å². The number of aliphatic hydroxyl groups excluding tert-OH is 4. The molecule has 1 aromatic rings. The number of aliphatic hydroxyl groups is 4. The summed E-state index contributed by atoms with van der Waals surface area (Å²) in [5, 5.41) is 41.0. The summed E-state index contributed by atoms with van der Waals surface area (Å²) in [6.07, 6.45) is -5.76. The quantitative estimate of drug-likeness (QED) is 0.470. The average molecular weight is 255 g/mol. The van der Waals surface area contributed by atoms with Crippen molar-refractivity contribution in [3.05, 3.63) is 30.3 Å². The Morgan fingerprint density at radius 3 is 2.28 bits per heavy atom. The average Bonchev–Trinajstić information content (AvgIpc) is 2.40. The van der Waals surface area contributed by atoms with Gasteiger partial charge < -0.3 is 30.5 Å². The number of benzene rings is 1. The third kappa shape index (κ3) is 2.63. The fourth-order valence-electron chi connectivity index (χ4n) is 1.92. The molecule has 1 fully saturated rings. The van der Waals surface area contributed by atoms with Crippen LogP contribution >= 0.6 is 0 Å². The lowest BCUT2D eigenvalue weighted by Gasteiger charge is -2.40. The Bertz CT molecular complexity index is 372. The summed E-state index contributed by atoms with van der Waals surface area (Å²) in [6, 6.07) is 9.03. The van der Waals surface area contributed by atoms with E-state index in [1.807, 2.05) is 18.2 Å². The Labute approximate surface area is 104 Å². The van der Waals surface area contributed by atoms with Crippen LogP contribution in [0.15, 0.2) is 30.3 Å². The van der Waals surface area contributed by atoms with Crippen LogP contribution < -0.4 is 5.32 Å². The van der Waals surface area contributed by atoms with E-state index in [4.69, 9.17) is 9.84 Å². The molecule has 0 spiro atoms. The van der Waals surface area contributed by atoms with Crippen LogP contribution in [0.1, 0.15) is 0 Å². The molecule has 1 aromatic carbocycles. The van der Waals surface area contributed by atoms with Crippen LogP contribution in [0, 0.1) is 0 Å². The van der Waals surface area contributed by atoms with E-state index < -0.39 is 37.3 Å². The maximum absolute atomic E-state index is 9.80.